The summed E-state index contributed by atoms with van der Waals surface area (Å²) in [6.07, 6.45) is 0.644. The van der Waals surface area contributed by atoms with Crippen molar-refractivity contribution in [3.63, 3.8) is 0 Å². The Morgan fingerprint density at radius 2 is 1.59 bits per heavy atom. The molecule has 8 heteroatoms. The lowest BCUT2D eigenvalue weighted by Gasteiger charge is -2.36. The minimum atomic E-state index is -1.25. The van der Waals surface area contributed by atoms with Gasteiger partial charge in [-0.15, -0.1) is 0 Å². The third-order valence-corrected chi connectivity index (χ3v) is 4.83. The molecule has 0 aromatic heterocycles. The van der Waals surface area contributed by atoms with Gasteiger partial charge in [-0.05, 0) is 67.4 Å². The van der Waals surface area contributed by atoms with E-state index in [4.69, 9.17) is 4.74 Å². The number of hydrogen-bond donors (Lipinski definition) is 3. The van der Waals surface area contributed by atoms with Gasteiger partial charge in [-0.2, -0.15) is 0 Å². The summed E-state index contributed by atoms with van der Waals surface area (Å²) < 4.78 is 5.26. The number of aryl methyl sites for hydroxylation is 2. The molecule has 0 fully saturated rings. The third kappa shape index (κ3) is 9.71. The first-order chi connectivity index (χ1) is 15.6. The first kappa shape index (κ1) is 29.4. The van der Waals surface area contributed by atoms with E-state index >= 15 is 0 Å². The van der Waals surface area contributed by atoms with E-state index in [-0.39, 0.29) is 12.5 Å². The molecular formula is C26H43N3O5. The highest BCUT2D eigenvalue weighted by atomic mass is 16.6. The largest absolute Gasteiger partial charge is 0.444 e. The van der Waals surface area contributed by atoms with Crippen LogP contribution in [-0.2, 0) is 14.3 Å². The normalized spacial score (nSPS) is 13.6. The molecule has 3 amide bonds. The van der Waals surface area contributed by atoms with Crippen molar-refractivity contribution >= 4 is 17.9 Å². The molecule has 192 valence electrons. The Hall–Kier alpha value is -2.61. The highest BCUT2D eigenvalue weighted by Crippen LogP contribution is 2.26. The topological polar surface area (TPSA) is 108 Å². The molecule has 1 aromatic rings. The van der Waals surface area contributed by atoms with Crippen LogP contribution in [0, 0.1) is 13.8 Å². The van der Waals surface area contributed by atoms with Crippen molar-refractivity contribution in [1.82, 2.24) is 15.5 Å². The Morgan fingerprint density at radius 1 is 1.03 bits per heavy atom. The summed E-state index contributed by atoms with van der Waals surface area (Å²) >= 11 is 0. The van der Waals surface area contributed by atoms with Gasteiger partial charge in [-0.25, -0.2) is 4.79 Å². The van der Waals surface area contributed by atoms with Crippen LogP contribution in [-0.4, -0.2) is 58.2 Å². The van der Waals surface area contributed by atoms with Gasteiger partial charge in [-0.1, -0.05) is 42.7 Å². The van der Waals surface area contributed by atoms with E-state index in [1.807, 2.05) is 59.7 Å². The van der Waals surface area contributed by atoms with Gasteiger partial charge in [-0.3, -0.25) is 9.59 Å². The van der Waals surface area contributed by atoms with Crippen LogP contribution in [0.4, 0.5) is 4.79 Å². The van der Waals surface area contributed by atoms with Crippen molar-refractivity contribution in [2.24, 2.45) is 0 Å². The van der Waals surface area contributed by atoms with Crippen LogP contribution in [0.1, 0.15) is 84.0 Å². The minimum Gasteiger partial charge on any atom is -0.444 e. The molecule has 0 aliphatic carbocycles. The average Bonchev–Trinajstić information content (AvgIpc) is 2.65. The Labute approximate surface area is 204 Å². The second-order valence-electron chi connectivity index (χ2n) is 10.8. The van der Waals surface area contributed by atoms with Gasteiger partial charge in [0.1, 0.15) is 17.7 Å². The molecule has 0 aliphatic rings. The van der Waals surface area contributed by atoms with Crippen molar-refractivity contribution in [2.45, 2.75) is 98.4 Å². The van der Waals surface area contributed by atoms with Crippen molar-refractivity contribution in [2.75, 3.05) is 13.2 Å². The van der Waals surface area contributed by atoms with Gasteiger partial charge in [0, 0.05) is 12.1 Å². The van der Waals surface area contributed by atoms with Gasteiger partial charge >= 0.3 is 6.09 Å². The van der Waals surface area contributed by atoms with E-state index in [1.165, 1.54) is 4.90 Å². The number of unbranched alkanes of at least 4 members (excludes halogenated alkanes) is 1. The minimum absolute atomic E-state index is 0.289. The van der Waals surface area contributed by atoms with Gasteiger partial charge in [0.15, 0.2) is 0 Å². The fourth-order valence-electron chi connectivity index (χ4n) is 3.61. The SMILES string of the molecule is CCCCN(C(=O)C(CO)NC(=O)OC(C)(C)C)C(C(=O)NC(C)(C)C)c1cc(C)cc(C)c1. The Kier molecular flexibility index (Phi) is 10.6. The molecule has 2 atom stereocenters. The lowest BCUT2D eigenvalue weighted by Crippen LogP contribution is -2.55. The fourth-order valence-corrected chi connectivity index (χ4v) is 3.61. The Morgan fingerprint density at radius 3 is 2.03 bits per heavy atom. The zero-order valence-electron chi connectivity index (χ0n) is 22.2. The predicted molar refractivity (Wildman–Crippen MR) is 133 cm³/mol. The van der Waals surface area contributed by atoms with Crippen molar-refractivity contribution in [3.8, 4) is 0 Å². The number of hydrogen-bond acceptors (Lipinski definition) is 5. The molecule has 0 heterocycles. The van der Waals surface area contributed by atoms with E-state index in [1.54, 1.807) is 20.8 Å². The Bertz CT molecular complexity index is 835. The van der Waals surface area contributed by atoms with E-state index < -0.39 is 41.8 Å². The smallest absolute Gasteiger partial charge is 0.408 e. The molecule has 0 bridgehead atoms. The van der Waals surface area contributed by atoms with Gasteiger partial charge < -0.3 is 25.4 Å². The number of aliphatic hydroxyl groups is 1. The summed E-state index contributed by atoms with van der Waals surface area (Å²) in [6.45, 7) is 16.3. The third-order valence-electron chi connectivity index (χ3n) is 4.83. The molecule has 1 rings (SSSR count). The monoisotopic (exact) mass is 477 g/mol. The van der Waals surface area contributed by atoms with Gasteiger partial charge in [0.2, 0.25) is 11.8 Å². The fraction of sp³-hybridized carbons (Fsp3) is 0.654. The number of benzene rings is 1. The predicted octanol–water partition coefficient (Wildman–Crippen LogP) is 3.77. The summed E-state index contributed by atoms with van der Waals surface area (Å²) in [5, 5.41) is 15.4. The highest BCUT2D eigenvalue weighted by molar-refractivity contribution is 5.92. The van der Waals surface area contributed by atoms with Crippen LogP contribution >= 0.6 is 0 Å². The summed E-state index contributed by atoms with van der Waals surface area (Å²) in [6, 6.07) is 3.61. The summed E-state index contributed by atoms with van der Waals surface area (Å²) in [4.78, 5) is 41.0. The van der Waals surface area contributed by atoms with Gasteiger partial charge in [0.25, 0.3) is 0 Å². The first-order valence-corrected chi connectivity index (χ1v) is 11.9. The van der Waals surface area contributed by atoms with E-state index in [0.717, 1.165) is 17.5 Å². The number of alkyl carbamates (subject to hydrolysis) is 1. The standard InChI is InChI=1S/C26H43N3O5/c1-10-11-12-29(23(32)20(16-30)27-24(33)34-26(7,8)9)21(22(31)28-25(4,5)6)19-14-17(2)13-18(3)15-19/h13-15,20-21,30H,10-12,16H2,1-9H3,(H,27,33)(H,28,31). The number of carbonyl (C=O) groups excluding carboxylic acids is 3. The molecule has 0 saturated carbocycles. The number of rotatable bonds is 9. The zero-order chi connectivity index (χ0) is 26.3. The first-order valence-electron chi connectivity index (χ1n) is 11.9. The molecular weight excluding hydrogens is 434 g/mol. The van der Waals surface area contributed by atoms with Crippen LogP contribution in [0.3, 0.4) is 0 Å². The molecule has 0 radical (unpaired) electrons. The van der Waals surface area contributed by atoms with E-state index in [0.29, 0.717) is 12.0 Å². The number of ether oxygens (including phenoxy) is 1. The van der Waals surface area contributed by atoms with Crippen LogP contribution < -0.4 is 10.6 Å². The molecule has 0 aliphatic heterocycles. The zero-order valence-corrected chi connectivity index (χ0v) is 22.2. The number of nitrogens with zero attached hydrogens (tertiary/aromatic N) is 1. The van der Waals surface area contributed by atoms with E-state index in [2.05, 4.69) is 10.6 Å². The number of amides is 3. The summed E-state index contributed by atoms with van der Waals surface area (Å²) in [7, 11) is 0. The quantitative estimate of drug-likeness (QED) is 0.502. The van der Waals surface area contributed by atoms with Crippen LogP contribution in [0.15, 0.2) is 18.2 Å². The molecule has 0 spiro atoms. The van der Waals surface area contributed by atoms with Crippen molar-refractivity contribution in [1.29, 1.82) is 0 Å². The number of carbonyl (C=O) groups is 3. The second-order valence-corrected chi connectivity index (χ2v) is 10.8. The number of nitrogens with one attached hydrogen (secondary N) is 2. The molecule has 2 unspecified atom stereocenters. The summed E-state index contributed by atoms with van der Waals surface area (Å²) in [5.74, 6) is -0.870. The van der Waals surface area contributed by atoms with Crippen LogP contribution in [0.2, 0.25) is 0 Å². The van der Waals surface area contributed by atoms with Gasteiger partial charge in [0.05, 0.1) is 6.61 Å². The number of aliphatic hydroxyl groups excluding tert-OH is 1. The second kappa shape index (κ2) is 12.2. The summed E-state index contributed by atoms with van der Waals surface area (Å²) in [5.41, 5.74) is 1.34. The van der Waals surface area contributed by atoms with Crippen molar-refractivity contribution < 1.29 is 24.2 Å². The van der Waals surface area contributed by atoms with Crippen LogP contribution in [0.5, 0.6) is 0 Å². The Balaban J connectivity index is 3.46. The molecule has 3 N–H and O–H groups in total. The average molecular weight is 478 g/mol. The maximum Gasteiger partial charge on any atom is 0.408 e. The molecule has 0 saturated heterocycles. The maximum atomic E-state index is 13.7. The molecule has 1 aromatic carbocycles. The van der Waals surface area contributed by atoms with E-state index in [9.17, 15) is 19.5 Å². The lowest BCUT2D eigenvalue weighted by atomic mass is 9.97. The highest BCUT2D eigenvalue weighted by Gasteiger charge is 2.37. The maximum absolute atomic E-state index is 13.7. The molecule has 8 nitrogen and oxygen atoms in total. The van der Waals surface area contributed by atoms with Crippen molar-refractivity contribution in [3.05, 3.63) is 34.9 Å². The molecule has 34 heavy (non-hydrogen) atoms. The lowest BCUT2D eigenvalue weighted by molar-refractivity contribution is -0.143. The van der Waals surface area contributed by atoms with Crippen LogP contribution in [0.25, 0.3) is 0 Å².